The van der Waals surface area contributed by atoms with Crippen molar-refractivity contribution < 1.29 is 4.74 Å². The zero-order valence-electron chi connectivity index (χ0n) is 15.2. The number of hydrogen-bond donors (Lipinski definition) is 1. The van der Waals surface area contributed by atoms with Crippen LogP contribution in [0, 0.1) is 5.92 Å². The molecule has 3 aliphatic rings. The van der Waals surface area contributed by atoms with Crippen LogP contribution in [-0.2, 0) is 6.42 Å². The van der Waals surface area contributed by atoms with E-state index in [1.807, 2.05) is 30.6 Å². The van der Waals surface area contributed by atoms with Crippen molar-refractivity contribution in [2.75, 3.05) is 13.1 Å². The molecule has 6 nitrogen and oxygen atoms in total. The first-order chi connectivity index (χ1) is 13.3. The Labute approximate surface area is 158 Å². The third-order valence-corrected chi connectivity index (χ3v) is 5.66. The molecular formula is C21H23N5O. The van der Waals surface area contributed by atoms with E-state index in [1.165, 1.54) is 12.8 Å². The fourth-order valence-electron chi connectivity index (χ4n) is 4.15. The summed E-state index contributed by atoms with van der Waals surface area (Å²) in [5.41, 5.74) is 3.97. The highest BCUT2D eigenvalue weighted by molar-refractivity contribution is 5.55. The standard InChI is InChI=1S/C21H23N5O/c1-3-16(14-22-7-1)11-17-13-19(18-4-2-8-23-18)24-25-21(17)27-20-12-15-5-9-26(20)10-6-15/h1-4,7-8,13-15,20,23H,5-6,9-12H2. The average Bonchev–Trinajstić information content (AvgIpc) is 3.26. The van der Waals surface area contributed by atoms with E-state index >= 15 is 0 Å². The van der Waals surface area contributed by atoms with Gasteiger partial charge in [0.25, 0.3) is 0 Å². The van der Waals surface area contributed by atoms with Crippen LogP contribution in [0.1, 0.15) is 30.4 Å². The van der Waals surface area contributed by atoms with Crippen molar-refractivity contribution >= 4 is 0 Å². The second-order valence-corrected chi connectivity index (χ2v) is 7.47. The summed E-state index contributed by atoms with van der Waals surface area (Å²) in [4.78, 5) is 9.88. The van der Waals surface area contributed by atoms with Crippen molar-refractivity contribution in [2.24, 2.45) is 5.92 Å². The highest BCUT2D eigenvalue weighted by atomic mass is 16.5. The minimum atomic E-state index is 0.121. The predicted molar refractivity (Wildman–Crippen MR) is 102 cm³/mol. The molecule has 1 unspecified atom stereocenters. The van der Waals surface area contributed by atoms with Gasteiger partial charge in [-0.1, -0.05) is 6.07 Å². The van der Waals surface area contributed by atoms with Crippen LogP contribution in [0.15, 0.2) is 48.9 Å². The molecule has 138 valence electrons. The Morgan fingerprint density at radius 2 is 2.07 bits per heavy atom. The maximum absolute atomic E-state index is 6.39. The van der Waals surface area contributed by atoms with Gasteiger partial charge in [0.05, 0.1) is 5.69 Å². The highest BCUT2D eigenvalue weighted by Crippen LogP contribution is 2.34. The van der Waals surface area contributed by atoms with Crippen LogP contribution in [0.25, 0.3) is 11.4 Å². The summed E-state index contributed by atoms with van der Waals surface area (Å²) in [5, 5.41) is 8.88. The lowest BCUT2D eigenvalue weighted by Gasteiger charge is -2.44. The van der Waals surface area contributed by atoms with E-state index in [-0.39, 0.29) is 6.23 Å². The maximum Gasteiger partial charge on any atom is 0.238 e. The number of pyridine rings is 1. The molecule has 3 fully saturated rings. The van der Waals surface area contributed by atoms with Crippen molar-refractivity contribution in [3.05, 3.63) is 60.0 Å². The van der Waals surface area contributed by atoms with Gasteiger partial charge in [-0.25, -0.2) is 0 Å². The highest BCUT2D eigenvalue weighted by Gasteiger charge is 2.35. The lowest BCUT2D eigenvalue weighted by molar-refractivity contribution is -0.0633. The quantitative estimate of drug-likeness (QED) is 0.755. The smallest absolute Gasteiger partial charge is 0.238 e. The molecule has 6 heterocycles. The van der Waals surface area contributed by atoms with Crippen LogP contribution in [0.4, 0.5) is 0 Å². The van der Waals surface area contributed by atoms with Gasteiger partial charge < -0.3 is 9.72 Å². The van der Waals surface area contributed by atoms with Gasteiger partial charge >= 0.3 is 0 Å². The fourth-order valence-corrected chi connectivity index (χ4v) is 4.15. The Morgan fingerprint density at radius 3 is 2.78 bits per heavy atom. The maximum atomic E-state index is 6.39. The summed E-state index contributed by atoms with van der Waals surface area (Å²) in [5.74, 6) is 1.43. The van der Waals surface area contributed by atoms with Crippen molar-refractivity contribution in [3.63, 3.8) is 0 Å². The molecule has 0 aromatic carbocycles. The van der Waals surface area contributed by atoms with Gasteiger partial charge in [-0.3, -0.25) is 9.88 Å². The van der Waals surface area contributed by atoms with Crippen LogP contribution in [0.2, 0.25) is 0 Å². The van der Waals surface area contributed by atoms with E-state index in [0.29, 0.717) is 5.88 Å². The van der Waals surface area contributed by atoms with Crippen LogP contribution >= 0.6 is 0 Å². The van der Waals surface area contributed by atoms with Crippen LogP contribution in [-0.4, -0.2) is 44.4 Å². The number of hydrogen-bond acceptors (Lipinski definition) is 5. The molecule has 6 heteroatoms. The van der Waals surface area contributed by atoms with Gasteiger partial charge in [-0.2, -0.15) is 0 Å². The molecule has 0 saturated carbocycles. The summed E-state index contributed by atoms with van der Waals surface area (Å²) < 4.78 is 6.39. The number of aromatic nitrogens is 4. The molecule has 0 amide bonds. The number of nitrogens with zero attached hydrogens (tertiary/aromatic N) is 4. The van der Waals surface area contributed by atoms with Gasteiger partial charge in [-0.05, 0) is 48.6 Å². The van der Waals surface area contributed by atoms with Gasteiger partial charge in [0.1, 0.15) is 5.69 Å². The summed E-state index contributed by atoms with van der Waals surface area (Å²) in [6.45, 7) is 2.25. The number of ether oxygens (including phenoxy) is 1. The van der Waals surface area contributed by atoms with Crippen LogP contribution in [0.5, 0.6) is 5.88 Å². The van der Waals surface area contributed by atoms with E-state index < -0.39 is 0 Å². The molecule has 0 aliphatic carbocycles. The van der Waals surface area contributed by atoms with E-state index in [0.717, 1.165) is 54.4 Å². The molecule has 27 heavy (non-hydrogen) atoms. The Morgan fingerprint density at radius 1 is 1.15 bits per heavy atom. The summed E-state index contributed by atoms with van der Waals surface area (Å²) in [7, 11) is 0. The molecule has 1 atom stereocenters. The molecule has 3 aromatic rings. The first kappa shape index (κ1) is 16.4. The topological polar surface area (TPSA) is 66.9 Å². The average molecular weight is 361 g/mol. The normalized spacial score (nSPS) is 24.1. The molecule has 2 bridgehead atoms. The molecule has 3 aromatic heterocycles. The van der Waals surface area contributed by atoms with E-state index in [9.17, 15) is 0 Å². The Hall–Kier alpha value is -2.73. The molecule has 1 N–H and O–H groups in total. The Balaban J connectivity index is 1.46. The van der Waals surface area contributed by atoms with Gasteiger partial charge in [0.15, 0.2) is 6.23 Å². The number of fused-ring (bicyclic) bond motifs is 3. The monoisotopic (exact) mass is 361 g/mol. The van der Waals surface area contributed by atoms with Crippen molar-refractivity contribution in [1.82, 2.24) is 25.1 Å². The summed E-state index contributed by atoms with van der Waals surface area (Å²) in [6.07, 6.45) is 10.1. The minimum absolute atomic E-state index is 0.121. The lowest BCUT2D eigenvalue weighted by atomic mass is 9.87. The molecule has 3 saturated heterocycles. The van der Waals surface area contributed by atoms with Crippen molar-refractivity contribution in [3.8, 4) is 17.3 Å². The Kier molecular flexibility index (Phi) is 4.33. The molecule has 6 rings (SSSR count). The van der Waals surface area contributed by atoms with Crippen molar-refractivity contribution in [2.45, 2.75) is 31.9 Å². The summed E-state index contributed by atoms with van der Waals surface area (Å²) in [6, 6.07) is 10.1. The van der Waals surface area contributed by atoms with E-state index in [1.54, 1.807) is 6.20 Å². The molecule has 0 radical (unpaired) electrons. The second-order valence-electron chi connectivity index (χ2n) is 7.47. The number of nitrogens with one attached hydrogen (secondary N) is 1. The number of piperidine rings is 3. The second kappa shape index (κ2) is 7.12. The fraction of sp³-hybridized carbons (Fsp3) is 0.381. The van der Waals surface area contributed by atoms with E-state index in [4.69, 9.17) is 4.74 Å². The van der Waals surface area contributed by atoms with Gasteiger partial charge in [0, 0.05) is 50.1 Å². The van der Waals surface area contributed by atoms with Crippen LogP contribution < -0.4 is 4.74 Å². The van der Waals surface area contributed by atoms with Gasteiger partial charge in [-0.15, -0.1) is 10.2 Å². The third kappa shape index (κ3) is 3.45. The number of aromatic amines is 1. The first-order valence-corrected chi connectivity index (χ1v) is 9.65. The third-order valence-electron chi connectivity index (χ3n) is 5.66. The minimum Gasteiger partial charge on any atom is -0.457 e. The zero-order chi connectivity index (χ0) is 18.1. The SMILES string of the molecule is c1cncc(Cc2cc(-c3ccc[nH]3)nnc2OC2CC3CCN2CC3)c1. The molecule has 0 spiro atoms. The van der Waals surface area contributed by atoms with E-state index in [2.05, 4.69) is 37.2 Å². The van der Waals surface area contributed by atoms with Crippen molar-refractivity contribution in [1.29, 1.82) is 0 Å². The van der Waals surface area contributed by atoms with Gasteiger partial charge in [0.2, 0.25) is 5.88 Å². The summed E-state index contributed by atoms with van der Waals surface area (Å²) >= 11 is 0. The largest absolute Gasteiger partial charge is 0.457 e. The number of H-pyrrole nitrogens is 1. The lowest BCUT2D eigenvalue weighted by Crippen LogP contribution is -2.51. The zero-order valence-corrected chi connectivity index (χ0v) is 15.2. The Bertz CT molecular complexity index is 888. The number of rotatable bonds is 5. The predicted octanol–water partition coefficient (Wildman–Crippen LogP) is 3.28. The molecular weight excluding hydrogens is 338 g/mol. The van der Waals surface area contributed by atoms with Crippen LogP contribution in [0.3, 0.4) is 0 Å². The first-order valence-electron chi connectivity index (χ1n) is 9.65. The molecule has 3 aliphatic heterocycles.